The highest BCUT2D eigenvalue weighted by Crippen LogP contribution is 2.33. The first-order chi connectivity index (χ1) is 11.1. The molecular formula is C18H18Cl2N2O. The molecule has 1 aliphatic rings. The summed E-state index contributed by atoms with van der Waals surface area (Å²) >= 11 is 12.4. The fourth-order valence-corrected chi connectivity index (χ4v) is 3.09. The van der Waals surface area contributed by atoms with Crippen LogP contribution < -0.4 is 11.1 Å². The SMILES string of the molecule is NC(C(=O)NC(c1cccc(Cl)c1)c1ccccc1Cl)C1CC1. The number of hydrogen-bond acceptors (Lipinski definition) is 2. The number of benzene rings is 2. The van der Waals surface area contributed by atoms with Crippen molar-refractivity contribution in [2.75, 3.05) is 0 Å². The summed E-state index contributed by atoms with van der Waals surface area (Å²) in [5, 5.41) is 4.24. The van der Waals surface area contributed by atoms with E-state index in [1.54, 1.807) is 12.1 Å². The van der Waals surface area contributed by atoms with Crippen LogP contribution in [-0.4, -0.2) is 11.9 Å². The average Bonchev–Trinajstić information content (AvgIpc) is 3.37. The molecule has 3 N–H and O–H groups in total. The van der Waals surface area contributed by atoms with Gasteiger partial charge in [0.05, 0.1) is 12.1 Å². The minimum Gasteiger partial charge on any atom is -0.344 e. The lowest BCUT2D eigenvalue weighted by Crippen LogP contribution is -2.43. The van der Waals surface area contributed by atoms with E-state index in [9.17, 15) is 4.79 Å². The molecule has 0 heterocycles. The summed E-state index contributed by atoms with van der Waals surface area (Å²) in [7, 11) is 0. The quantitative estimate of drug-likeness (QED) is 0.859. The third-order valence-electron chi connectivity index (χ3n) is 4.12. The third kappa shape index (κ3) is 3.86. The fourth-order valence-electron chi connectivity index (χ4n) is 2.64. The van der Waals surface area contributed by atoms with E-state index in [4.69, 9.17) is 28.9 Å². The Morgan fingerprint density at radius 1 is 1.13 bits per heavy atom. The van der Waals surface area contributed by atoms with Crippen molar-refractivity contribution in [2.24, 2.45) is 11.7 Å². The highest BCUT2D eigenvalue weighted by atomic mass is 35.5. The van der Waals surface area contributed by atoms with E-state index in [2.05, 4.69) is 5.32 Å². The molecule has 2 unspecified atom stereocenters. The van der Waals surface area contributed by atoms with Crippen molar-refractivity contribution in [1.82, 2.24) is 5.32 Å². The standard InChI is InChI=1S/C18H18Cl2N2O/c19-13-5-3-4-12(10-13)17(14-6-1-2-7-15(14)20)22-18(23)16(21)11-8-9-11/h1-7,10-11,16-17H,8-9,21H2,(H,22,23). The number of rotatable bonds is 5. The Morgan fingerprint density at radius 3 is 2.52 bits per heavy atom. The number of halogens is 2. The van der Waals surface area contributed by atoms with Gasteiger partial charge < -0.3 is 11.1 Å². The van der Waals surface area contributed by atoms with Gasteiger partial charge in [0.25, 0.3) is 0 Å². The van der Waals surface area contributed by atoms with Crippen molar-refractivity contribution in [3.63, 3.8) is 0 Å². The number of carbonyl (C=O) groups excluding carboxylic acids is 1. The molecule has 1 aliphatic carbocycles. The van der Waals surface area contributed by atoms with Gasteiger partial charge in [0, 0.05) is 10.0 Å². The molecule has 2 aromatic carbocycles. The average molecular weight is 349 g/mol. The summed E-state index contributed by atoms with van der Waals surface area (Å²) in [6.45, 7) is 0. The predicted octanol–water partition coefficient (Wildman–Crippen LogP) is 3.94. The van der Waals surface area contributed by atoms with Crippen LogP contribution in [0.15, 0.2) is 48.5 Å². The second-order valence-electron chi connectivity index (χ2n) is 5.88. The molecule has 0 radical (unpaired) electrons. The van der Waals surface area contributed by atoms with E-state index in [-0.39, 0.29) is 11.9 Å². The maximum absolute atomic E-state index is 12.5. The summed E-state index contributed by atoms with van der Waals surface area (Å²) in [5.74, 6) is 0.138. The lowest BCUT2D eigenvalue weighted by molar-refractivity contribution is -0.123. The van der Waals surface area contributed by atoms with Gasteiger partial charge in [-0.1, -0.05) is 53.5 Å². The molecule has 120 valence electrons. The molecule has 5 heteroatoms. The Labute approximate surface area is 145 Å². The second kappa shape index (κ2) is 6.91. The van der Waals surface area contributed by atoms with Gasteiger partial charge in [0.2, 0.25) is 5.91 Å². The number of hydrogen-bond donors (Lipinski definition) is 2. The van der Waals surface area contributed by atoms with Crippen molar-refractivity contribution in [3.8, 4) is 0 Å². The third-order valence-corrected chi connectivity index (χ3v) is 4.70. The number of carbonyl (C=O) groups is 1. The van der Waals surface area contributed by atoms with Crippen molar-refractivity contribution in [3.05, 3.63) is 69.7 Å². The lowest BCUT2D eigenvalue weighted by Gasteiger charge is -2.23. The molecule has 0 aliphatic heterocycles. The molecule has 2 aromatic rings. The number of nitrogens with two attached hydrogens (primary N) is 1. The molecule has 2 atom stereocenters. The van der Waals surface area contributed by atoms with E-state index in [0.717, 1.165) is 24.0 Å². The maximum Gasteiger partial charge on any atom is 0.237 e. The van der Waals surface area contributed by atoms with Crippen LogP contribution in [0.5, 0.6) is 0 Å². The van der Waals surface area contributed by atoms with Gasteiger partial charge >= 0.3 is 0 Å². The normalized spacial score (nSPS) is 16.7. The Morgan fingerprint density at radius 2 is 1.87 bits per heavy atom. The summed E-state index contributed by atoms with van der Waals surface area (Å²) in [6.07, 6.45) is 2.03. The van der Waals surface area contributed by atoms with Gasteiger partial charge in [-0.15, -0.1) is 0 Å². The number of amides is 1. The molecule has 1 saturated carbocycles. The zero-order chi connectivity index (χ0) is 16.4. The maximum atomic E-state index is 12.5. The highest BCUT2D eigenvalue weighted by molar-refractivity contribution is 6.31. The van der Waals surface area contributed by atoms with Crippen LogP contribution in [0, 0.1) is 5.92 Å². The topological polar surface area (TPSA) is 55.1 Å². The minimum absolute atomic E-state index is 0.155. The monoisotopic (exact) mass is 348 g/mol. The summed E-state index contributed by atoms with van der Waals surface area (Å²) in [6, 6.07) is 14.0. The van der Waals surface area contributed by atoms with Gasteiger partial charge in [0.15, 0.2) is 0 Å². The van der Waals surface area contributed by atoms with Crippen LogP contribution in [0.3, 0.4) is 0 Å². The van der Waals surface area contributed by atoms with E-state index in [0.29, 0.717) is 16.0 Å². The van der Waals surface area contributed by atoms with Crippen LogP contribution in [0.1, 0.15) is 30.0 Å². The molecule has 3 nitrogen and oxygen atoms in total. The van der Waals surface area contributed by atoms with Gasteiger partial charge in [-0.25, -0.2) is 0 Å². The molecule has 1 amide bonds. The Balaban J connectivity index is 1.93. The van der Waals surface area contributed by atoms with Crippen LogP contribution in [-0.2, 0) is 4.79 Å². The van der Waals surface area contributed by atoms with Crippen LogP contribution in [0.2, 0.25) is 10.0 Å². The molecule has 23 heavy (non-hydrogen) atoms. The van der Waals surface area contributed by atoms with Gasteiger partial charge in [-0.05, 0) is 48.1 Å². The molecule has 1 fully saturated rings. The molecule has 0 aromatic heterocycles. The van der Waals surface area contributed by atoms with Gasteiger partial charge in [-0.2, -0.15) is 0 Å². The van der Waals surface area contributed by atoms with Crippen molar-refractivity contribution in [1.29, 1.82) is 0 Å². The highest BCUT2D eigenvalue weighted by Gasteiger charge is 2.34. The van der Waals surface area contributed by atoms with Crippen LogP contribution in [0.25, 0.3) is 0 Å². The van der Waals surface area contributed by atoms with E-state index >= 15 is 0 Å². The first-order valence-corrected chi connectivity index (χ1v) is 8.37. The summed E-state index contributed by atoms with van der Waals surface area (Å²) < 4.78 is 0. The molecule has 0 bridgehead atoms. The Hall–Kier alpha value is -1.55. The fraction of sp³-hybridized carbons (Fsp3) is 0.278. The molecular weight excluding hydrogens is 331 g/mol. The summed E-state index contributed by atoms with van der Waals surface area (Å²) in [4.78, 5) is 12.5. The van der Waals surface area contributed by atoms with E-state index in [1.807, 2.05) is 36.4 Å². The second-order valence-corrected chi connectivity index (χ2v) is 6.72. The van der Waals surface area contributed by atoms with Gasteiger partial charge in [-0.3, -0.25) is 4.79 Å². The number of nitrogens with one attached hydrogen (secondary N) is 1. The van der Waals surface area contributed by atoms with Crippen LogP contribution in [0.4, 0.5) is 0 Å². The molecule has 0 spiro atoms. The van der Waals surface area contributed by atoms with Crippen molar-refractivity contribution < 1.29 is 4.79 Å². The van der Waals surface area contributed by atoms with E-state index < -0.39 is 6.04 Å². The first kappa shape index (κ1) is 16.3. The largest absolute Gasteiger partial charge is 0.344 e. The molecule has 3 rings (SSSR count). The lowest BCUT2D eigenvalue weighted by atomic mass is 9.98. The zero-order valence-electron chi connectivity index (χ0n) is 12.5. The molecule has 0 saturated heterocycles. The predicted molar refractivity (Wildman–Crippen MR) is 93.6 cm³/mol. The Bertz CT molecular complexity index is 716. The van der Waals surface area contributed by atoms with Gasteiger partial charge in [0.1, 0.15) is 0 Å². The minimum atomic E-state index is -0.473. The van der Waals surface area contributed by atoms with E-state index in [1.165, 1.54) is 0 Å². The summed E-state index contributed by atoms with van der Waals surface area (Å²) in [5.41, 5.74) is 7.73. The first-order valence-electron chi connectivity index (χ1n) is 7.62. The van der Waals surface area contributed by atoms with Crippen molar-refractivity contribution >= 4 is 29.1 Å². The van der Waals surface area contributed by atoms with Crippen molar-refractivity contribution in [2.45, 2.75) is 24.9 Å². The zero-order valence-corrected chi connectivity index (χ0v) is 14.0. The smallest absolute Gasteiger partial charge is 0.237 e. The van der Waals surface area contributed by atoms with Crippen LogP contribution >= 0.6 is 23.2 Å². The Kier molecular flexibility index (Phi) is 4.90.